The molecule has 0 aromatic rings. The molecule has 0 radical (unpaired) electrons. The van der Waals surface area contributed by atoms with Crippen LogP contribution in [0, 0.1) is 0 Å². The van der Waals surface area contributed by atoms with Gasteiger partial charge in [-0.1, -0.05) is 112 Å². The van der Waals surface area contributed by atoms with Gasteiger partial charge in [0.05, 0.1) is 34.4 Å². The first-order valence-electron chi connectivity index (χ1n) is 18.0. The van der Waals surface area contributed by atoms with Gasteiger partial charge in [-0.3, -0.25) is 9.59 Å². The maximum absolute atomic E-state index is 12.6. The van der Waals surface area contributed by atoms with E-state index in [0.29, 0.717) is 25.7 Å². The van der Waals surface area contributed by atoms with Crippen molar-refractivity contribution in [3.05, 3.63) is 72.9 Å². The molecule has 0 aromatic carbocycles. The van der Waals surface area contributed by atoms with Gasteiger partial charge in [0, 0.05) is 19.3 Å². The molecule has 0 amide bonds. The Bertz CT molecular complexity index is 1020. The van der Waals surface area contributed by atoms with E-state index in [1.54, 1.807) is 0 Å². The maximum atomic E-state index is 12.6. The molecule has 0 aliphatic heterocycles. The van der Waals surface area contributed by atoms with Crippen LogP contribution in [-0.4, -0.2) is 80.6 Å². The van der Waals surface area contributed by atoms with E-state index in [1.807, 2.05) is 69.8 Å². The quantitative estimate of drug-likeness (QED) is 0.0268. The second kappa shape index (κ2) is 31.1. The highest BCUT2D eigenvalue weighted by Crippen LogP contribution is 2.11. The minimum absolute atomic E-state index is 0.0307. The van der Waals surface area contributed by atoms with Crippen LogP contribution in [0.1, 0.15) is 110 Å². The number of hydrogen-bond donors (Lipinski definition) is 1. The van der Waals surface area contributed by atoms with Crippen LogP contribution >= 0.6 is 0 Å². The fraction of sp³-hybridized carbons (Fsp3) is 0.625. The lowest BCUT2D eigenvalue weighted by Gasteiger charge is -2.31. The van der Waals surface area contributed by atoms with E-state index in [-0.39, 0.29) is 42.7 Å². The van der Waals surface area contributed by atoms with Gasteiger partial charge >= 0.3 is 17.9 Å². The van der Waals surface area contributed by atoms with Gasteiger partial charge in [0.25, 0.3) is 0 Å². The summed E-state index contributed by atoms with van der Waals surface area (Å²) in [7, 11) is 5.47. The summed E-state index contributed by atoms with van der Waals surface area (Å²) >= 11 is 0. The predicted octanol–water partition coefficient (Wildman–Crippen LogP) is 8.85. The number of carboxylic acid groups (broad SMARTS) is 1. The molecule has 2 unspecified atom stereocenters. The third-order valence-electron chi connectivity index (χ3n) is 7.47. The van der Waals surface area contributed by atoms with Gasteiger partial charge in [-0.2, -0.15) is 0 Å². The number of likely N-dealkylation sites (N-methyl/N-ethyl adjacent to an activating group) is 1. The summed E-state index contributed by atoms with van der Waals surface area (Å²) in [6.07, 6.45) is 36.7. The van der Waals surface area contributed by atoms with Crippen LogP contribution in [0.25, 0.3) is 0 Å². The zero-order valence-corrected chi connectivity index (χ0v) is 30.7. The number of carbonyl (C=O) groups is 3. The fourth-order valence-electron chi connectivity index (χ4n) is 4.64. The minimum Gasteiger partial charge on any atom is -0.477 e. The Kier molecular flexibility index (Phi) is 29.0. The molecule has 0 spiro atoms. The molecular formula is C40H66NO7+. The number of allylic oxidation sites excluding steroid dienone is 12. The average Bonchev–Trinajstić information content (AvgIpc) is 3.03. The summed E-state index contributed by atoms with van der Waals surface area (Å²) in [4.78, 5) is 36.6. The number of quaternary nitrogens is 1. The molecular weight excluding hydrogens is 606 g/mol. The van der Waals surface area contributed by atoms with Crippen molar-refractivity contribution in [2.75, 3.05) is 41.0 Å². The molecule has 0 aromatic heterocycles. The standard InChI is InChI=1S/C40H65NO7/c1-6-8-10-12-14-16-17-18-19-20-21-23-25-27-29-31-39(43)48-36(34-46-33-32-37(40(44)45)41(3,4)5)35-47-38(42)30-28-26-24-22-15-13-11-9-7-2/h8,10,12,14,16-22,24,36-37H,6-7,9,11,13,15,23,25-35H2,1-5H3/p+1/b10-8+,14-12+,17-16+,19-18+,21-20+,24-22+. The van der Waals surface area contributed by atoms with Gasteiger partial charge in [-0.05, 0) is 51.4 Å². The number of esters is 2. The molecule has 272 valence electrons. The highest BCUT2D eigenvalue weighted by Gasteiger charge is 2.31. The van der Waals surface area contributed by atoms with Crippen molar-refractivity contribution in [1.82, 2.24) is 0 Å². The first-order chi connectivity index (χ1) is 23.1. The number of hydrogen-bond acceptors (Lipinski definition) is 6. The Morgan fingerprint density at radius 3 is 1.81 bits per heavy atom. The number of aliphatic carboxylic acids is 1. The van der Waals surface area contributed by atoms with Crippen LogP contribution in [0.5, 0.6) is 0 Å². The molecule has 48 heavy (non-hydrogen) atoms. The lowest BCUT2D eigenvalue weighted by Crippen LogP contribution is -2.50. The molecule has 0 heterocycles. The molecule has 0 bridgehead atoms. The Morgan fingerprint density at radius 2 is 1.21 bits per heavy atom. The van der Waals surface area contributed by atoms with Gasteiger partial charge in [0.1, 0.15) is 6.61 Å². The lowest BCUT2D eigenvalue weighted by atomic mass is 10.1. The van der Waals surface area contributed by atoms with Gasteiger partial charge < -0.3 is 23.8 Å². The van der Waals surface area contributed by atoms with Gasteiger partial charge in [-0.15, -0.1) is 0 Å². The molecule has 8 heteroatoms. The van der Waals surface area contributed by atoms with Crippen LogP contribution in [0.3, 0.4) is 0 Å². The summed E-state index contributed by atoms with van der Waals surface area (Å²) < 4.78 is 17.1. The van der Waals surface area contributed by atoms with E-state index >= 15 is 0 Å². The van der Waals surface area contributed by atoms with Crippen molar-refractivity contribution in [3.63, 3.8) is 0 Å². The highest BCUT2D eigenvalue weighted by atomic mass is 16.6. The first-order valence-corrected chi connectivity index (χ1v) is 18.0. The topological polar surface area (TPSA) is 99.1 Å². The Balaban J connectivity index is 4.60. The van der Waals surface area contributed by atoms with Crippen molar-refractivity contribution in [2.45, 2.75) is 122 Å². The second-order valence-corrected chi connectivity index (χ2v) is 12.9. The van der Waals surface area contributed by atoms with Crippen LogP contribution in [-0.2, 0) is 28.6 Å². The zero-order chi connectivity index (χ0) is 35.7. The number of ether oxygens (including phenoxy) is 3. The molecule has 0 fully saturated rings. The highest BCUT2D eigenvalue weighted by molar-refractivity contribution is 5.72. The number of unbranched alkanes of at least 4 members (excludes halogenated alkanes) is 8. The van der Waals surface area contributed by atoms with Crippen molar-refractivity contribution in [3.8, 4) is 0 Å². The number of nitrogens with zero attached hydrogens (tertiary/aromatic N) is 1. The molecule has 0 saturated carbocycles. The van der Waals surface area contributed by atoms with Gasteiger partial charge in [0.15, 0.2) is 12.1 Å². The van der Waals surface area contributed by atoms with Crippen molar-refractivity contribution >= 4 is 17.9 Å². The molecule has 0 rings (SSSR count). The van der Waals surface area contributed by atoms with Crippen LogP contribution in [0.2, 0.25) is 0 Å². The van der Waals surface area contributed by atoms with E-state index in [2.05, 4.69) is 38.2 Å². The second-order valence-electron chi connectivity index (χ2n) is 12.9. The molecule has 8 nitrogen and oxygen atoms in total. The third-order valence-corrected chi connectivity index (χ3v) is 7.47. The third kappa shape index (κ3) is 29.0. The van der Waals surface area contributed by atoms with E-state index in [1.165, 1.54) is 25.7 Å². The molecule has 2 atom stereocenters. The summed E-state index contributed by atoms with van der Waals surface area (Å²) in [6, 6.07) is -0.627. The molecule has 0 aliphatic carbocycles. The van der Waals surface area contributed by atoms with E-state index in [0.717, 1.165) is 38.5 Å². The van der Waals surface area contributed by atoms with E-state index in [4.69, 9.17) is 14.2 Å². The molecule has 0 saturated heterocycles. The summed E-state index contributed by atoms with van der Waals surface area (Å²) in [5, 5.41) is 9.56. The van der Waals surface area contributed by atoms with Crippen LogP contribution in [0.4, 0.5) is 0 Å². The lowest BCUT2D eigenvalue weighted by molar-refractivity contribution is -0.887. The number of carboxylic acids is 1. The largest absolute Gasteiger partial charge is 0.477 e. The van der Waals surface area contributed by atoms with Crippen LogP contribution < -0.4 is 0 Å². The first kappa shape index (κ1) is 44.8. The van der Waals surface area contributed by atoms with Gasteiger partial charge in [0.2, 0.25) is 0 Å². The Morgan fingerprint density at radius 1 is 0.646 bits per heavy atom. The van der Waals surface area contributed by atoms with E-state index in [9.17, 15) is 19.5 Å². The molecule has 1 N–H and O–H groups in total. The number of carbonyl (C=O) groups excluding carboxylic acids is 2. The summed E-state index contributed by atoms with van der Waals surface area (Å²) in [5.41, 5.74) is 0. The smallest absolute Gasteiger partial charge is 0.362 e. The average molecular weight is 673 g/mol. The minimum atomic E-state index is -0.891. The van der Waals surface area contributed by atoms with Crippen molar-refractivity contribution in [2.24, 2.45) is 0 Å². The van der Waals surface area contributed by atoms with Crippen LogP contribution in [0.15, 0.2) is 72.9 Å². The normalized spacial score (nSPS) is 13.9. The van der Waals surface area contributed by atoms with Crippen molar-refractivity contribution < 1.29 is 38.2 Å². The van der Waals surface area contributed by atoms with Gasteiger partial charge in [-0.25, -0.2) is 4.79 Å². The molecule has 0 aliphatic rings. The zero-order valence-electron chi connectivity index (χ0n) is 30.7. The van der Waals surface area contributed by atoms with E-state index < -0.39 is 18.1 Å². The summed E-state index contributed by atoms with van der Waals surface area (Å²) in [6.45, 7) is 4.44. The summed E-state index contributed by atoms with van der Waals surface area (Å²) in [5.74, 6) is -1.58. The monoisotopic (exact) mass is 672 g/mol. The fourth-order valence-corrected chi connectivity index (χ4v) is 4.64. The SMILES string of the molecule is CC/C=C/C=C/C=C/C=C/C=C/CCCCCC(=O)OC(COCCC(C(=O)O)[N+](C)(C)C)COC(=O)CCC/C=C/CCCCCC. The Hall–Kier alpha value is -3.23. The van der Waals surface area contributed by atoms with Crippen molar-refractivity contribution in [1.29, 1.82) is 0 Å². The predicted molar refractivity (Wildman–Crippen MR) is 197 cm³/mol. The maximum Gasteiger partial charge on any atom is 0.362 e. The Labute approximate surface area is 291 Å². The number of rotatable bonds is 30.